The van der Waals surface area contributed by atoms with Crippen molar-refractivity contribution < 1.29 is 9.59 Å². The van der Waals surface area contributed by atoms with Gasteiger partial charge >= 0.3 is 0 Å². The van der Waals surface area contributed by atoms with Crippen LogP contribution in [-0.2, 0) is 23.4 Å². The van der Waals surface area contributed by atoms with Crippen LogP contribution < -0.4 is 16.0 Å². The lowest BCUT2D eigenvalue weighted by atomic mass is 9.85. The molecule has 2 aliphatic carbocycles. The van der Waals surface area contributed by atoms with E-state index in [2.05, 4.69) is 16.0 Å². The van der Waals surface area contributed by atoms with Gasteiger partial charge in [0.25, 0.3) is 0 Å². The lowest BCUT2D eigenvalue weighted by Crippen LogP contribution is -2.28. The number of Topliss-reactive ketones (excluding diaryl/α,β-unsaturated/α-hetero) is 1. The average molecular weight is 500 g/mol. The number of nitrogens with zero attached hydrogens (tertiary/aromatic N) is 2. The largest absolute Gasteiger partial charge is 0.338 e. The molecule has 3 aromatic rings. The van der Waals surface area contributed by atoms with Crippen molar-refractivity contribution in [2.24, 2.45) is 5.92 Å². The van der Waals surface area contributed by atoms with E-state index in [0.29, 0.717) is 12.4 Å². The van der Waals surface area contributed by atoms with Gasteiger partial charge in [0.1, 0.15) is 5.82 Å². The number of carbonyl (C=O) groups excluding carboxylic acids is 2. The topological polar surface area (TPSA) is 96.0 Å². The highest BCUT2D eigenvalue weighted by Gasteiger charge is 2.26. The first kappa shape index (κ1) is 23.0. The van der Waals surface area contributed by atoms with Gasteiger partial charge in [0.05, 0.1) is 17.1 Å². The van der Waals surface area contributed by atoms with Gasteiger partial charge < -0.3 is 16.0 Å². The number of thioether (sulfide) groups is 1. The summed E-state index contributed by atoms with van der Waals surface area (Å²) >= 11 is 1.88. The Morgan fingerprint density at radius 2 is 1.81 bits per heavy atom. The number of ketones is 1. The Labute approximate surface area is 214 Å². The van der Waals surface area contributed by atoms with Crippen molar-refractivity contribution in [1.82, 2.24) is 9.97 Å². The van der Waals surface area contributed by atoms with Crippen LogP contribution in [0.25, 0.3) is 0 Å². The van der Waals surface area contributed by atoms with Crippen LogP contribution in [0.4, 0.5) is 28.8 Å². The van der Waals surface area contributed by atoms with Gasteiger partial charge in [-0.25, -0.2) is 4.98 Å². The number of hydrogen-bond acceptors (Lipinski definition) is 7. The summed E-state index contributed by atoms with van der Waals surface area (Å²) in [6.45, 7) is 0. The molecule has 7 nitrogen and oxygen atoms in total. The van der Waals surface area contributed by atoms with Crippen molar-refractivity contribution in [1.29, 1.82) is 0 Å². The van der Waals surface area contributed by atoms with Crippen LogP contribution >= 0.6 is 11.8 Å². The van der Waals surface area contributed by atoms with Gasteiger partial charge in [-0.2, -0.15) is 16.7 Å². The van der Waals surface area contributed by atoms with Gasteiger partial charge in [-0.15, -0.1) is 0 Å². The fraction of sp³-hybridized carbons (Fsp3) is 0.357. The Balaban J connectivity index is 1.29. The minimum Gasteiger partial charge on any atom is -0.338 e. The molecule has 0 radical (unpaired) electrons. The van der Waals surface area contributed by atoms with E-state index < -0.39 is 0 Å². The van der Waals surface area contributed by atoms with Gasteiger partial charge in [0.15, 0.2) is 5.78 Å². The average Bonchev–Trinajstić information content (AvgIpc) is 2.84. The van der Waals surface area contributed by atoms with Crippen molar-refractivity contribution in [3.63, 3.8) is 0 Å². The normalized spacial score (nSPS) is 16.9. The Morgan fingerprint density at radius 3 is 2.64 bits per heavy atom. The molecule has 1 amide bonds. The summed E-state index contributed by atoms with van der Waals surface area (Å²) in [6, 6.07) is 13.7. The molecule has 0 spiro atoms. The summed E-state index contributed by atoms with van der Waals surface area (Å²) < 4.78 is 0. The molecule has 3 N–H and O–H groups in total. The summed E-state index contributed by atoms with van der Waals surface area (Å²) in [6.07, 6.45) is 6.36. The zero-order chi connectivity index (χ0) is 24.5. The Hall–Kier alpha value is -3.39. The van der Waals surface area contributed by atoms with Crippen molar-refractivity contribution in [2.45, 2.75) is 50.7 Å². The third-order valence-corrected chi connectivity index (χ3v) is 8.23. The van der Waals surface area contributed by atoms with Crippen molar-refractivity contribution in [3.05, 3.63) is 64.8 Å². The first-order valence-corrected chi connectivity index (χ1v) is 13.9. The van der Waals surface area contributed by atoms with E-state index in [1.54, 1.807) is 0 Å². The Morgan fingerprint density at radius 1 is 0.944 bits per heavy atom. The molecule has 184 valence electrons. The summed E-state index contributed by atoms with van der Waals surface area (Å²) in [5, 5.41) is 9.98. The highest BCUT2D eigenvalue weighted by molar-refractivity contribution is 7.98. The molecular formula is C28H29N5O2S. The van der Waals surface area contributed by atoms with E-state index in [0.717, 1.165) is 95.3 Å². The predicted molar refractivity (Wildman–Crippen MR) is 145 cm³/mol. The molecule has 1 fully saturated rings. The van der Waals surface area contributed by atoms with Crippen molar-refractivity contribution >= 4 is 52.3 Å². The molecule has 6 rings (SSSR count). The maximum absolute atomic E-state index is 12.6. The molecule has 0 bridgehead atoms. The fourth-order valence-corrected chi connectivity index (χ4v) is 5.97. The molecule has 8 heteroatoms. The highest BCUT2D eigenvalue weighted by Crippen LogP contribution is 2.35. The number of benzene rings is 2. The molecule has 0 saturated heterocycles. The quantitative estimate of drug-likeness (QED) is 0.382. The number of rotatable bonds is 6. The number of carbonyl (C=O) groups is 2. The van der Waals surface area contributed by atoms with Crippen LogP contribution in [-0.4, -0.2) is 27.4 Å². The van der Waals surface area contributed by atoms with Gasteiger partial charge in [0.2, 0.25) is 11.9 Å². The van der Waals surface area contributed by atoms with Gasteiger partial charge in [-0.3, -0.25) is 9.59 Å². The minimum absolute atomic E-state index is 0.0871. The second kappa shape index (κ2) is 9.93. The third kappa shape index (κ3) is 4.69. The standard InChI is InChI=1S/C28H29N5O2S/c34-25-10-4-7-18-15-19(11-12-20(18)25)29-28-32-22-13-14-36-16-21(22)26(33-28)30-23-8-1-2-9-24(23)31-27(35)17-5-3-6-17/h1-2,8-9,11-12,15,17H,3-7,10,13-14,16H2,(H,31,35)(H2,29,30,32,33). The molecular weight excluding hydrogens is 470 g/mol. The number of aromatic nitrogens is 2. The zero-order valence-electron chi connectivity index (χ0n) is 20.1. The summed E-state index contributed by atoms with van der Waals surface area (Å²) in [5.74, 6) is 3.58. The first-order valence-electron chi connectivity index (χ1n) is 12.7. The number of aryl methyl sites for hydroxylation is 2. The maximum atomic E-state index is 12.6. The van der Waals surface area contributed by atoms with Crippen LogP contribution in [0.1, 0.15) is 59.3 Å². The number of fused-ring (bicyclic) bond motifs is 2. The molecule has 0 unspecified atom stereocenters. The molecule has 1 aliphatic heterocycles. The van der Waals surface area contributed by atoms with Crippen molar-refractivity contribution in [2.75, 3.05) is 21.7 Å². The molecule has 3 aliphatic rings. The Kier molecular flexibility index (Phi) is 6.35. The number of anilines is 5. The molecule has 0 atom stereocenters. The number of para-hydroxylation sites is 2. The summed E-state index contributed by atoms with van der Waals surface area (Å²) in [7, 11) is 0. The van der Waals surface area contributed by atoms with Crippen LogP contribution in [0, 0.1) is 5.92 Å². The molecule has 2 aromatic carbocycles. The third-order valence-electron chi connectivity index (χ3n) is 7.25. The lowest BCUT2D eigenvalue weighted by molar-refractivity contribution is -0.122. The van der Waals surface area contributed by atoms with Crippen LogP contribution in [0.3, 0.4) is 0 Å². The second-order valence-electron chi connectivity index (χ2n) is 9.68. The molecule has 36 heavy (non-hydrogen) atoms. The van der Waals surface area contributed by atoms with E-state index in [1.807, 2.05) is 54.2 Å². The zero-order valence-corrected chi connectivity index (χ0v) is 20.9. The smallest absolute Gasteiger partial charge is 0.229 e. The molecule has 2 heterocycles. The van der Waals surface area contributed by atoms with Gasteiger partial charge in [-0.1, -0.05) is 18.6 Å². The molecule has 1 saturated carbocycles. The van der Waals surface area contributed by atoms with Gasteiger partial charge in [0, 0.05) is 34.9 Å². The van der Waals surface area contributed by atoms with Crippen LogP contribution in [0.2, 0.25) is 0 Å². The summed E-state index contributed by atoms with van der Waals surface area (Å²) in [4.78, 5) is 34.5. The van der Waals surface area contributed by atoms with E-state index >= 15 is 0 Å². The van der Waals surface area contributed by atoms with E-state index in [4.69, 9.17) is 9.97 Å². The number of hydrogen-bond donors (Lipinski definition) is 3. The first-order chi connectivity index (χ1) is 17.6. The molecule has 1 aromatic heterocycles. The Bertz CT molecular complexity index is 1340. The minimum atomic E-state index is 0.0871. The second-order valence-corrected chi connectivity index (χ2v) is 10.8. The summed E-state index contributed by atoms with van der Waals surface area (Å²) in [5.41, 5.74) is 6.52. The SMILES string of the molecule is O=C1CCCc2cc(Nc3nc4c(c(Nc5ccccc5NC(=O)C5CCC5)n3)CSCC4)ccc21. The van der Waals surface area contributed by atoms with Crippen LogP contribution in [0.5, 0.6) is 0 Å². The van der Waals surface area contributed by atoms with Crippen LogP contribution in [0.15, 0.2) is 42.5 Å². The lowest BCUT2D eigenvalue weighted by Gasteiger charge is -2.25. The van der Waals surface area contributed by atoms with Gasteiger partial charge in [-0.05, 0) is 73.8 Å². The van der Waals surface area contributed by atoms with E-state index in [9.17, 15) is 9.59 Å². The monoisotopic (exact) mass is 499 g/mol. The van der Waals surface area contributed by atoms with E-state index in [-0.39, 0.29) is 17.6 Å². The van der Waals surface area contributed by atoms with E-state index in [1.165, 1.54) is 0 Å². The highest BCUT2D eigenvalue weighted by atomic mass is 32.2. The maximum Gasteiger partial charge on any atom is 0.229 e. The van der Waals surface area contributed by atoms with Crippen molar-refractivity contribution in [3.8, 4) is 0 Å². The fourth-order valence-electron chi connectivity index (χ4n) is 4.98. The number of amides is 1. The number of nitrogens with one attached hydrogen (secondary N) is 3. The predicted octanol–water partition coefficient (Wildman–Crippen LogP) is 6.01.